The topological polar surface area (TPSA) is 69.4 Å². The molecule has 0 fully saturated rings. The second-order valence-corrected chi connectivity index (χ2v) is 10.6. The Bertz CT molecular complexity index is 2460. The zero-order valence-corrected chi connectivity index (χ0v) is 22.9. The molecular weight excluding hydrogens is 528 g/mol. The van der Waals surface area contributed by atoms with Crippen LogP contribution in [0.3, 0.4) is 0 Å². The molecule has 0 aliphatic rings. The van der Waals surface area contributed by atoms with Crippen molar-refractivity contribution >= 4 is 54.5 Å². The molecule has 0 saturated heterocycles. The summed E-state index contributed by atoms with van der Waals surface area (Å²) < 4.78 is 2.16. The third kappa shape index (κ3) is 3.63. The van der Waals surface area contributed by atoms with Gasteiger partial charge in [0.1, 0.15) is 11.2 Å². The molecule has 0 aliphatic carbocycles. The smallest absolute Gasteiger partial charge is 0.162 e. The molecule has 0 N–H and O–H groups in total. The molecule has 0 atom stereocenters. The SMILES string of the molecule is c1ccc(-c2ccc3ccc4c(-n5c6ccccc6c6cccnc65)nc(-c5cccc6ccncc56)nc4c3n2)cc1. The maximum Gasteiger partial charge on any atom is 0.162 e. The van der Waals surface area contributed by atoms with Gasteiger partial charge in [0.25, 0.3) is 0 Å². The zero-order chi connectivity index (χ0) is 28.3. The highest BCUT2D eigenvalue weighted by molar-refractivity contribution is 6.11. The van der Waals surface area contributed by atoms with Crippen LogP contribution in [0.15, 0.2) is 134 Å². The number of fused-ring (bicyclic) bond motifs is 7. The Labute approximate surface area is 246 Å². The van der Waals surface area contributed by atoms with Crippen LogP contribution in [0.1, 0.15) is 0 Å². The van der Waals surface area contributed by atoms with Gasteiger partial charge in [-0.2, -0.15) is 0 Å². The standard InChI is InChI=1S/C37H22N6/c1-2-8-24(9-3-1)31-18-16-25-15-17-29-34(33(25)40-31)41-35(27-12-6-10-23-19-21-38-22-30(23)27)42-37(29)43-32-14-5-4-11-26(32)28-13-7-20-39-36(28)43/h1-22H. The molecule has 4 aromatic carbocycles. The molecule has 6 heteroatoms. The summed E-state index contributed by atoms with van der Waals surface area (Å²) in [5, 5.41) is 6.19. The number of nitrogens with zero attached hydrogens (tertiary/aromatic N) is 6. The van der Waals surface area contributed by atoms with Crippen molar-refractivity contribution < 1.29 is 0 Å². The lowest BCUT2D eigenvalue weighted by Gasteiger charge is -2.14. The van der Waals surface area contributed by atoms with Crippen molar-refractivity contribution in [3.05, 3.63) is 134 Å². The van der Waals surface area contributed by atoms with Crippen molar-refractivity contribution in [1.29, 1.82) is 0 Å². The highest BCUT2D eigenvalue weighted by Gasteiger charge is 2.20. The van der Waals surface area contributed by atoms with Crippen LogP contribution in [-0.4, -0.2) is 29.5 Å². The van der Waals surface area contributed by atoms with E-state index >= 15 is 0 Å². The second kappa shape index (κ2) is 9.26. The highest BCUT2D eigenvalue weighted by Crippen LogP contribution is 2.36. The van der Waals surface area contributed by atoms with Gasteiger partial charge < -0.3 is 0 Å². The molecule has 6 nitrogen and oxygen atoms in total. The molecule has 9 rings (SSSR count). The molecule has 43 heavy (non-hydrogen) atoms. The largest absolute Gasteiger partial charge is 0.277 e. The molecule has 0 bridgehead atoms. The van der Waals surface area contributed by atoms with E-state index in [0.717, 1.165) is 77.2 Å². The van der Waals surface area contributed by atoms with E-state index in [4.69, 9.17) is 19.9 Å². The number of benzene rings is 4. The maximum absolute atomic E-state index is 5.31. The normalized spacial score (nSPS) is 11.7. The first-order valence-electron chi connectivity index (χ1n) is 14.2. The number of hydrogen-bond acceptors (Lipinski definition) is 5. The number of rotatable bonds is 3. The minimum atomic E-state index is 0.613. The number of aromatic nitrogens is 6. The summed E-state index contributed by atoms with van der Waals surface area (Å²) in [6, 6.07) is 39.3. The minimum absolute atomic E-state index is 0.613. The fourth-order valence-corrected chi connectivity index (χ4v) is 6.14. The summed E-state index contributed by atoms with van der Waals surface area (Å²) >= 11 is 0. The van der Waals surface area contributed by atoms with Crippen molar-refractivity contribution in [3.8, 4) is 28.5 Å². The third-order valence-corrected chi connectivity index (χ3v) is 8.15. The predicted molar refractivity (Wildman–Crippen MR) is 173 cm³/mol. The fraction of sp³-hybridized carbons (Fsp3) is 0. The Morgan fingerprint density at radius 2 is 1.37 bits per heavy atom. The zero-order valence-electron chi connectivity index (χ0n) is 22.9. The fourth-order valence-electron chi connectivity index (χ4n) is 6.14. The lowest BCUT2D eigenvalue weighted by atomic mass is 10.0. The Balaban J connectivity index is 1.45. The van der Waals surface area contributed by atoms with E-state index < -0.39 is 0 Å². The molecule has 0 unspecified atom stereocenters. The van der Waals surface area contributed by atoms with E-state index in [1.54, 1.807) is 0 Å². The van der Waals surface area contributed by atoms with E-state index in [-0.39, 0.29) is 0 Å². The van der Waals surface area contributed by atoms with E-state index in [0.29, 0.717) is 5.82 Å². The first-order valence-corrected chi connectivity index (χ1v) is 14.2. The van der Waals surface area contributed by atoms with Crippen molar-refractivity contribution in [2.24, 2.45) is 0 Å². The van der Waals surface area contributed by atoms with Gasteiger partial charge in [-0.15, -0.1) is 0 Å². The van der Waals surface area contributed by atoms with Gasteiger partial charge in [0.05, 0.1) is 16.7 Å². The van der Waals surface area contributed by atoms with Crippen LogP contribution in [0.5, 0.6) is 0 Å². The van der Waals surface area contributed by atoms with Crippen molar-refractivity contribution in [1.82, 2.24) is 29.5 Å². The Morgan fingerprint density at radius 3 is 2.33 bits per heavy atom. The summed E-state index contributed by atoms with van der Waals surface area (Å²) in [6.07, 6.45) is 5.53. The quantitative estimate of drug-likeness (QED) is 0.206. The monoisotopic (exact) mass is 550 g/mol. The molecule has 5 aromatic heterocycles. The Hall–Kier alpha value is -6.01. The van der Waals surface area contributed by atoms with Crippen LogP contribution < -0.4 is 0 Å². The molecule has 0 amide bonds. The van der Waals surface area contributed by atoms with Crippen LogP contribution in [0, 0.1) is 0 Å². The lowest BCUT2D eigenvalue weighted by molar-refractivity contribution is 1.06. The van der Waals surface area contributed by atoms with Gasteiger partial charge in [0.15, 0.2) is 11.6 Å². The number of para-hydroxylation sites is 1. The van der Waals surface area contributed by atoms with E-state index in [2.05, 4.69) is 88.4 Å². The molecule has 0 radical (unpaired) electrons. The van der Waals surface area contributed by atoms with Crippen LogP contribution in [-0.2, 0) is 0 Å². The van der Waals surface area contributed by atoms with Crippen molar-refractivity contribution in [2.45, 2.75) is 0 Å². The molecule has 200 valence electrons. The average Bonchev–Trinajstić information content (AvgIpc) is 3.42. The Kier molecular flexibility index (Phi) is 5.10. The summed E-state index contributed by atoms with van der Waals surface area (Å²) in [7, 11) is 0. The van der Waals surface area contributed by atoms with Gasteiger partial charge in [0, 0.05) is 56.6 Å². The maximum atomic E-state index is 5.31. The first kappa shape index (κ1) is 23.7. The first-order chi connectivity index (χ1) is 21.3. The minimum Gasteiger partial charge on any atom is -0.277 e. The van der Waals surface area contributed by atoms with Gasteiger partial charge in [-0.1, -0.05) is 78.9 Å². The van der Waals surface area contributed by atoms with Gasteiger partial charge in [-0.05, 0) is 41.8 Å². The predicted octanol–water partition coefficient (Wildman–Crippen LogP) is 8.55. The van der Waals surface area contributed by atoms with Gasteiger partial charge in [0.2, 0.25) is 0 Å². The van der Waals surface area contributed by atoms with Gasteiger partial charge in [-0.25, -0.2) is 19.9 Å². The van der Waals surface area contributed by atoms with Crippen LogP contribution in [0.4, 0.5) is 0 Å². The molecule has 5 heterocycles. The van der Waals surface area contributed by atoms with Gasteiger partial charge in [-0.3, -0.25) is 9.55 Å². The molecule has 0 aliphatic heterocycles. The van der Waals surface area contributed by atoms with E-state index in [9.17, 15) is 0 Å². The van der Waals surface area contributed by atoms with Crippen LogP contribution in [0.25, 0.3) is 83.0 Å². The number of hydrogen-bond donors (Lipinski definition) is 0. The summed E-state index contributed by atoms with van der Waals surface area (Å²) in [5.74, 6) is 1.38. The average molecular weight is 551 g/mol. The highest BCUT2D eigenvalue weighted by atomic mass is 15.1. The lowest BCUT2D eigenvalue weighted by Crippen LogP contribution is -2.04. The van der Waals surface area contributed by atoms with E-state index in [1.807, 2.05) is 55.0 Å². The molecule has 0 saturated carbocycles. The van der Waals surface area contributed by atoms with Crippen LogP contribution in [0.2, 0.25) is 0 Å². The van der Waals surface area contributed by atoms with E-state index in [1.165, 1.54) is 0 Å². The summed E-state index contributed by atoms with van der Waals surface area (Å²) in [6.45, 7) is 0. The Morgan fingerprint density at radius 1 is 0.512 bits per heavy atom. The van der Waals surface area contributed by atoms with Crippen LogP contribution >= 0.6 is 0 Å². The summed E-state index contributed by atoms with van der Waals surface area (Å²) in [5.41, 5.74) is 6.37. The molecule has 9 aromatic rings. The van der Waals surface area contributed by atoms with Crippen molar-refractivity contribution in [3.63, 3.8) is 0 Å². The molecule has 0 spiro atoms. The number of pyridine rings is 3. The molecular formula is C37H22N6. The van der Waals surface area contributed by atoms with Gasteiger partial charge >= 0.3 is 0 Å². The summed E-state index contributed by atoms with van der Waals surface area (Å²) in [4.78, 5) is 25.0. The second-order valence-electron chi connectivity index (χ2n) is 10.6. The van der Waals surface area contributed by atoms with Crippen molar-refractivity contribution in [2.75, 3.05) is 0 Å². The third-order valence-electron chi connectivity index (χ3n) is 8.15.